The fourth-order valence-electron chi connectivity index (χ4n) is 1.51. The van der Waals surface area contributed by atoms with Gasteiger partial charge in [0.25, 0.3) is 0 Å². The second-order valence-electron chi connectivity index (χ2n) is 3.08. The number of halogens is 1. The van der Waals surface area contributed by atoms with Crippen molar-refractivity contribution in [3.63, 3.8) is 0 Å². The van der Waals surface area contributed by atoms with Crippen LogP contribution in [0.4, 0.5) is 0 Å². The summed E-state index contributed by atoms with van der Waals surface area (Å²) in [6.45, 7) is 0. The van der Waals surface area contributed by atoms with Crippen LogP contribution in [0.25, 0.3) is 10.9 Å². The summed E-state index contributed by atoms with van der Waals surface area (Å²) < 4.78 is 0.904. The van der Waals surface area contributed by atoms with E-state index in [9.17, 15) is 4.79 Å². The third-order valence-electron chi connectivity index (χ3n) is 2.05. The van der Waals surface area contributed by atoms with Crippen molar-refractivity contribution in [1.82, 2.24) is 4.98 Å². The summed E-state index contributed by atoms with van der Waals surface area (Å²) in [6, 6.07) is 5.70. The molecule has 1 heterocycles. The van der Waals surface area contributed by atoms with Gasteiger partial charge in [-0.3, -0.25) is 4.79 Å². The molecule has 0 aliphatic rings. The number of H-pyrrole nitrogens is 1. The summed E-state index contributed by atoms with van der Waals surface area (Å²) in [5, 5.41) is 9.75. The second-order valence-corrected chi connectivity index (χ2v) is 3.99. The van der Waals surface area contributed by atoms with E-state index in [1.807, 2.05) is 24.4 Å². The fourth-order valence-corrected chi connectivity index (χ4v) is 2.03. The first-order valence-electron chi connectivity index (χ1n) is 4.14. The molecule has 2 aromatic rings. The third kappa shape index (κ3) is 1.65. The molecular weight excluding hydrogens is 246 g/mol. The van der Waals surface area contributed by atoms with Crippen LogP contribution < -0.4 is 0 Å². The van der Waals surface area contributed by atoms with Gasteiger partial charge in [0.1, 0.15) is 0 Å². The Balaban J connectivity index is 2.60. The summed E-state index contributed by atoms with van der Waals surface area (Å²) in [5.74, 6) is -0.820. The van der Waals surface area contributed by atoms with Gasteiger partial charge in [-0.15, -0.1) is 0 Å². The zero-order valence-corrected chi connectivity index (χ0v) is 8.84. The average molecular weight is 254 g/mol. The molecule has 1 aromatic heterocycles. The predicted octanol–water partition coefficient (Wildman–Crippen LogP) is 2.56. The number of fused-ring (bicyclic) bond motifs is 1. The first-order valence-corrected chi connectivity index (χ1v) is 4.93. The first kappa shape index (κ1) is 9.27. The molecule has 0 saturated carbocycles. The van der Waals surface area contributed by atoms with Gasteiger partial charge in [0.15, 0.2) is 0 Å². The highest BCUT2D eigenvalue weighted by Gasteiger charge is 2.07. The quantitative estimate of drug-likeness (QED) is 0.865. The number of rotatable bonds is 2. The number of aromatic amines is 1. The van der Waals surface area contributed by atoms with E-state index in [1.165, 1.54) is 0 Å². The molecule has 72 valence electrons. The van der Waals surface area contributed by atoms with Gasteiger partial charge < -0.3 is 10.1 Å². The van der Waals surface area contributed by atoms with Crippen molar-refractivity contribution in [2.24, 2.45) is 0 Å². The highest BCUT2D eigenvalue weighted by atomic mass is 79.9. The summed E-state index contributed by atoms with van der Waals surface area (Å²) in [7, 11) is 0. The molecule has 14 heavy (non-hydrogen) atoms. The SMILES string of the molecule is O=C(O)Cc1cc(Br)cc2cc[nH]c12. The van der Waals surface area contributed by atoms with Crippen LogP contribution in [0.15, 0.2) is 28.9 Å². The lowest BCUT2D eigenvalue weighted by Crippen LogP contribution is -2.00. The minimum Gasteiger partial charge on any atom is -0.481 e. The average Bonchev–Trinajstić information content (AvgIpc) is 2.50. The largest absolute Gasteiger partial charge is 0.481 e. The number of aliphatic carboxylic acids is 1. The highest BCUT2D eigenvalue weighted by molar-refractivity contribution is 9.10. The normalized spacial score (nSPS) is 10.6. The van der Waals surface area contributed by atoms with Crippen molar-refractivity contribution in [3.8, 4) is 0 Å². The number of hydrogen-bond donors (Lipinski definition) is 2. The maximum absolute atomic E-state index is 10.6. The van der Waals surface area contributed by atoms with E-state index < -0.39 is 5.97 Å². The highest BCUT2D eigenvalue weighted by Crippen LogP contribution is 2.23. The Hall–Kier alpha value is -1.29. The Kier molecular flexibility index (Phi) is 2.29. The number of hydrogen-bond acceptors (Lipinski definition) is 1. The van der Waals surface area contributed by atoms with Gasteiger partial charge in [-0.2, -0.15) is 0 Å². The van der Waals surface area contributed by atoms with E-state index in [-0.39, 0.29) is 6.42 Å². The smallest absolute Gasteiger partial charge is 0.307 e. The molecule has 0 amide bonds. The summed E-state index contributed by atoms with van der Waals surface area (Å²) in [6.07, 6.45) is 1.85. The molecule has 1 aromatic carbocycles. The molecule has 2 N–H and O–H groups in total. The van der Waals surface area contributed by atoms with Crippen molar-refractivity contribution in [2.75, 3.05) is 0 Å². The standard InChI is InChI=1S/C10H8BrNO2/c11-8-3-6-1-2-12-10(6)7(4-8)5-9(13)14/h1-4,12H,5H2,(H,13,14). The Morgan fingerprint density at radius 3 is 3.00 bits per heavy atom. The molecular formula is C10H8BrNO2. The second kappa shape index (κ2) is 3.46. The van der Waals surface area contributed by atoms with Crippen LogP contribution in [0.1, 0.15) is 5.56 Å². The van der Waals surface area contributed by atoms with E-state index in [2.05, 4.69) is 20.9 Å². The van der Waals surface area contributed by atoms with Crippen molar-refractivity contribution in [3.05, 3.63) is 34.4 Å². The zero-order chi connectivity index (χ0) is 10.1. The zero-order valence-electron chi connectivity index (χ0n) is 7.25. The van der Waals surface area contributed by atoms with Crippen molar-refractivity contribution < 1.29 is 9.90 Å². The van der Waals surface area contributed by atoms with Gasteiger partial charge in [-0.25, -0.2) is 0 Å². The van der Waals surface area contributed by atoms with E-state index in [1.54, 1.807) is 0 Å². The molecule has 0 unspecified atom stereocenters. The minimum atomic E-state index is -0.820. The maximum Gasteiger partial charge on any atom is 0.307 e. The lowest BCUT2D eigenvalue weighted by atomic mass is 10.1. The molecule has 0 fully saturated rings. The number of aromatic nitrogens is 1. The van der Waals surface area contributed by atoms with E-state index in [0.29, 0.717) is 0 Å². The maximum atomic E-state index is 10.6. The summed E-state index contributed by atoms with van der Waals surface area (Å²) >= 11 is 3.35. The van der Waals surface area contributed by atoms with Crippen LogP contribution >= 0.6 is 15.9 Å². The van der Waals surface area contributed by atoms with Crippen LogP contribution in [-0.2, 0) is 11.2 Å². The number of carboxylic acids is 1. The molecule has 4 heteroatoms. The van der Waals surface area contributed by atoms with Gasteiger partial charge in [0.05, 0.1) is 6.42 Å². The molecule has 0 atom stereocenters. The molecule has 3 nitrogen and oxygen atoms in total. The minimum absolute atomic E-state index is 0.0381. The Morgan fingerprint density at radius 2 is 2.29 bits per heavy atom. The van der Waals surface area contributed by atoms with E-state index in [4.69, 9.17) is 5.11 Å². The predicted molar refractivity (Wildman–Crippen MR) is 57.3 cm³/mol. The summed E-state index contributed by atoms with van der Waals surface area (Å²) in [4.78, 5) is 13.7. The molecule has 2 rings (SSSR count). The number of benzene rings is 1. The van der Waals surface area contributed by atoms with Crippen LogP contribution in [0, 0.1) is 0 Å². The number of nitrogens with one attached hydrogen (secondary N) is 1. The van der Waals surface area contributed by atoms with Gasteiger partial charge in [0.2, 0.25) is 0 Å². The van der Waals surface area contributed by atoms with Crippen LogP contribution in [0.3, 0.4) is 0 Å². The topological polar surface area (TPSA) is 53.1 Å². The van der Waals surface area contributed by atoms with Crippen LogP contribution in [-0.4, -0.2) is 16.1 Å². The van der Waals surface area contributed by atoms with Crippen LogP contribution in [0.5, 0.6) is 0 Å². The van der Waals surface area contributed by atoms with Crippen molar-refractivity contribution in [1.29, 1.82) is 0 Å². The van der Waals surface area contributed by atoms with E-state index in [0.717, 1.165) is 20.9 Å². The molecule has 0 aliphatic heterocycles. The molecule has 0 spiro atoms. The fraction of sp³-hybridized carbons (Fsp3) is 0.100. The molecule has 0 radical (unpaired) electrons. The Bertz CT molecular complexity index is 490. The monoisotopic (exact) mass is 253 g/mol. The van der Waals surface area contributed by atoms with Crippen molar-refractivity contribution in [2.45, 2.75) is 6.42 Å². The first-order chi connectivity index (χ1) is 6.66. The molecule has 0 aliphatic carbocycles. The van der Waals surface area contributed by atoms with E-state index >= 15 is 0 Å². The Labute approximate surface area is 88.9 Å². The third-order valence-corrected chi connectivity index (χ3v) is 2.51. The van der Waals surface area contributed by atoms with Gasteiger partial charge in [-0.05, 0) is 23.8 Å². The molecule has 0 bridgehead atoms. The summed E-state index contributed by atoms with van der Waals surface area (Å²) in [5.41, 5.74) is 1.70. The van der Waals surface area contributed by atoms with Gasteiger partial charge in [0, 0.05) is 21.6 Å². The lowest BCUT2D eigenvalue weighted by Gasteiger charge is -2.01. The van der Waals surface area contributed by atoms with Gasteiger partial charge >= 0.3 is 5.97 Å². The van der Waals surface area contributed by atoms with Crippen molar-refractivity contribution >= 4 is 32.8 Å². The Morgan fingerprint density at radius 1 is 1.50 bits per heavy atom. The van der Waals surface area contributed by atoms with Gasteiger partial charge in [-0.1, -0.05) is 15.9 Å². The number of carbonyl (C=O) groups is 1. The lowest BCUT2D eigenvalue weighted by molar-refractivity contribution is -0.136. The number of carboxylic acid groups (broad SMARTS) is 1. The molecule has 0 saturated heterocycles. The van der Waals surface area contributed by atoms with Crippen LogP contribution in [0.2, 0.25) is 0 Å².